The van der Waals surface area contributed by atoms with E-state index in [0.717, 1.165) is 55.1 Å². The van der Waals surface area contributed by atoms with Gasteiger partial charge in [0.05, 0.1) is 22.8 Å². The number of anilines is 1. The molecular formula is C17H22N4O2S. The largest absolute Gasteiger partial charge is 0.361 e. The van der Waals surface area contributed by atoms with Gasteiger partial charge in [0.2, 0.25) is 5.91 Å². The molecule has 1 amide bonds. The van der Waals surface area contributed by atoms with Gasteiger partial charge in [-0.3, -0.25) is 9.48 Å². The maximum absolute atomic E-state index is 12.8. The van der Waals surface area contributed by atoms with E-state index in [4.69, 9.17) is 4.52 Å². The van der Waals surface area contributed by atoms with Gasteiger partial charge in [0.15, 0.2) is 0 Å². The molecule has 0 radical (unpaired) electrons. The maximum atomic E-state index is 12.8. The number of piperidine rings is 1. The maximum Gasteiger partial charge on any atom is 0.240 e. The second kappa shape index (κ2) is 6.63. The number of hydrogen-bond acceptors (Lipinski definition) is 5. The Hall–Kier alpha value is -1.76. The molecular weight excluding hydrogens is 324 g/mol. The fourth-order valence-corrected chi connectivity index (χ4v) is 4.73. The summed E-state index contributed by atoms with van der Waals surface area (Å²) in [5, 5.41) is 8.43. The summed E-state index contributed by atoms with van der Waals surface area (Å²) in [6.45, 7) is 0.779. The Kier molecular flexibility index (Phi) is 4.35. The monoisotopic (exact) mass is 346 g/mol. The van der Waals surface area contributed by atoms with Crippen molar-refractivity contribution in [2.45, 2.75) is 49.5 Å². The highest BCUT2D eigenvalue weighted by molar-refractivity contribution is 7.99. The third-order valence-electron chi connectivity index (χ3n) is 4.85. The first-order valence-corrected chi connectivity index (χ1v) is 9.65. The minimum absolute atomic E-state index is 0.00473. The van der Waals surface area contributed by atoms with Gasteiger partial charge in [-0.2, -0.15) is 5.10 Å². The van der Waals surface area contributed by atoms with Gasteiger partial charge in [0.25, 0.3) is 0 Å². The summed E-state index contributed by atoms with van der Waals surface area (Å²) in [6, 6.07) is 0. The lowest BCUT2D eigenvalue weighted by molar-refractivity contribution is -0.119. The van der Waals surface area contributed by atoms with Crippen LogP contribution in [0.4, 0.5) is 5.69 Å². The molecule has 0 spiro atoms. The SMILES string of the molecule is Cn1cc(N2CCC[C@@H](SCc3noc4c3CCCC4)C2=O)cn1. The van der Waals surface area contributed by atoms with E-state index in [9.17, 15) is 4.79 Å². The van der Waals surface area contributed by atoms with E-state index in [1.165, 1.54) is 18.4 Å². The van der Waals surface area contributed by atoms with Crippen molar-refractivity contribution in [3.05, 3.63) is 29.4 Å². The summed E-state index contributed by atoms with van der Waals surface area (Å²) < 4.78 is 7.21. The van der Waals surface area contributed by atoms with Gasteiger partial charge >= 0.3 is 0 Å². The number of rotatable bonds is 4. The predicted octanol–water partition coefficient (Wildman–Crippen LogP) is 2.72. The first-order valence-electron chi connectivity index (χ1n) is 8.60. The molecule has 3 heterocycles. The topological polar surface area (TPSA) is 64.2 Å². The Bertz CT molecular complexity index is 739. The minimum atomic E-state index is -0.00473. The molecule has 1 atom stereocenters. The van der Waals surface area contributed by atoms with Crippen LogP contribution in [0.5, 0.6) is 0 Å². The van der Waals surface area contributed by atoms with Crippen LogP contribution in [0.1, 0.15) is 42.7 Å². The van der Waals surface area contributed by atoms with Gasteiger partial charge in [0.1, 0.15) is 5.76 Å². The zero-order valence-electron chi connectivity index (χ0n) is 13.9. The number of aryl methyl sites for hydroxylation is 2. The molecule has 1 aliphatic carbocycles. The van der Waals surface area contributed by atoms with Crippen molar-refractivity contribution in [1.82, 2.24) is 14.9 Å². The van der Waals surface area contributed by atoms with Crippen LogP contribution in [0.25, 0.3) is 0 Å². The molecule has 24 heavy (non-hydrogen) atoms. The Labute approximate surface area is 145 Å². The molecule has 1 fully saturated rings. The molecule has 128 valence electrons. The van der Waals surface area contributed by atoms with Crippen LogP contribution in [0.3, 0.4) is 0 Å². The molecule has 0 unspecified atom stereocenters. The zero-order valence-corrected chi connectivity index (χ0v) is 14.7. The molecule has 1 aliphatic heterocycles. The van der Waals surface area contributed by atoms with Crippen molar-refractivity contribution in [1.29, 1.82) is 0 Å². The molecule has 7 heteroatoms. The van der Waals surface area contributed by atoms with Crippen LogP contribution in [-0.2, 0) is 30.4 Å². The van der Waals surface area contributed by atoms with Gasteiger partial charge in [-0.25, -0.2) is 0 Å². The molecule has 0 bridgehead atoms. The molecule has 0 saturated carbocycles. The van der Waals surface area contributed by atoms with E-state index in [0.29, 0.717) is 0 Å². The van der Waals surface area contributed by atoms with Gasteiger partial charge in [-0.05, 0) is 32.1 Å². The summed E-state index contributed by atoms with van der Waals surface area (Å²) in [7, 11) is 1.87. The molecule has 6 nitrogen and oxygen atoms in total. The average Bonchev–Trinajstić information content (AvgIpc) is 3.20. The van der Waals surface area contributed by atoms with E-state index in [1.807, 2.05) is 18.1 Å². The fourth-order valence-electron chi connectivity index (χ4n) is 3.54. The van der Waals surface area contributed by atoms with Crippen LogP contribution in [0.15, 0.2) is 16.9 Å². The summed E-state index contributed by atoms with van der Waals surface area (Å²) >= 11 is 1.70. The van der Waals surface area contributed by atoms with E-state index in [-0.39, 0.29) is 11.2 Å². The van der Waals surface area contributed by atoms with Crippen molar-refractivity contribution in [2.24, 2.45) is 7.05 Å². The van der Waals surface area contributed by atoms with Crippen molar-refractivity contribution in [2.75, 3.05) is 11.4 Å². The van der Waals surface area contributed by atoms with Crippen molar-refractivity contribution in [3.63, 3.8) is 0 Å². The van der Waals surface area contributed by atoms with Gasteiger partial charge in [-0.15, -0.1) is 11.8 Å². The number of fused-ring (bicyclic) bond motifs is 1. The number of nitrogens with zero attached hydrogens (tertiary/aromatic N) is 4. The van der Waals surface area contributed by atoms with Crippen LogP contribution in [0, 0.1) is 0 Å². The summed E-state index contributed by atoms with van der Waals surface area (Å²) in [6.07, 6.45) is 10.1. The molecule has 0 N–H and O–H groups in total. The minimum Gasteiger partial charge on any atom is -0.361 e. The van der Waals surface area contributed by atoms with E-state index in [2.05, 4.69) is 10.3 Å². The quantitative estimate of drug-likeness (QED) is 0.852. The number of thioether (sulfide) groups is 1. The van der Waals surface area contributed by atoms with Crippen molar-refractivity contribution < 1.29 is 9.32 Å². The number of amides is 1. The second-order valence-electron chi connectivity index (χ2n) is 6.54. The lowest BCUT2D eigenvalue weighted by atomic mass is 9.97. The highest BCUT2D eigenvalue weighted by atomic mass is 32.2. The molecule has 0 aromatic carbocycles. The standard InChI is InChI=1S/C17H22N4O2S/c1-20-10-12(9-18-20)21-8-4-7-16(17(21)22)24-11-14-13-5-2-3-6-15(13)23-19-14/h9-10,16H,2-8,11H2,1H3/t16-/m1/s1. The Morgan fingerprint density at radius 3 is 3.04 bits per heavy atom. The normalized spacial score (nSPS) is 21.1. The molecule has 2 aromatic rings. The zero-order chi connectivity index (χ0) is 16.5. The highest BCUT2D eigenvalue weighted by Gasteiger charge is 2.31. The van der Waals surface area contributed by atoms with E-state index in [1.54, 1.807) is 22.6 Å². The molecule has 4 rings (SSSR count). The summed E-state index contributed by atoms with van der Waals surface area (Å²) in [5.74, 6) is 2.01. The third kappa shape index (κ3) is 2.97. The Morgan fingerprint density at radius 1 is 1.33 bits per heavy atom. The Balaban J connectivity index is 1.43. The van der Waals surface area contributed by atoms with Crippen LogP contribution < -0.4 is 4.90 Å². The first kappa shape index (κ1) is 15.7. The molecule has 1 saturated heterocycles. The third-order valence-corrected chi connectivity index (χ3v) is 6.13. The van der Waals surface area contributed by atoms with Gasteiger partial charge < -0.3 is 9.42 Å². The second-order valence-corrected chi connectivity index (χ2v) is 7.73. The highest BCUT2D eigenvalue weighted by Crippen LogP contribution is 2.32. The summed E-state index contributed by atoms with van der Waals surface area (Å²) in [5.41, 5.74) is 3.23. The van der Waals surface area contributed by atoms with Crippen molar-refractivity contribution >= 4 is 23.4 Å². The fraction of sp³-hybridized carbons (Fsp3) is 0.588. The van der Waals surface area contributed by atoms with Crippen LogP contribution >= 0.6 is 11.8 Å². The first-order chi connectivity index (χ1) is 11.7. The smallest absolute Gasteiger partial charge is 0.240 e. The predicted molar refractivity (Wildman–Crippen MR) is 93.0 cm³/mol. The lowest BCUT2D eigenvalue weighted by Gasteiger charge is -2.30. The van der Waals surface area contributed by atoms with Crippen molar-refractivity contribution in [3.8, 4) is 0 Å². The van der Waals surface area contributed by atoms with Gasteiger partial charge in [-0.1, -0.05) is 5.16 Å². The van der Waals surface area contributed by atoms with E-state index >= 15 is 0 Å². The van der Waals surface area contributed by atoms with Gasteiger partial charge in [0, 0.05) is 37.5 Å². The average molecular weight is 346 g/mol. The number of hydrogen-bond donors (Lipinski definition) is 0. The summed E-state index contributed by atoms with van der Waals surface area (Å²) in [4.78, 5) is 14.7. The van der Waals surface area contributed by atoms with Crippen LogP contribution in [0.2, 0.25) is 0 Å². The lowest BCUT2D eigenvalue weighted by Crippen LogP contribution is -2.42. The number of aromatic nitrogens is 3. The number of carbonyl (C=O) groups excluding carboxylic acids is 1. The van der Waals surface area contributed by atoms with Crippen LogP contribution in [-0.4, -0.2) is 32.6 Å². The molecule has 2 aromatic heterocycles. The number of carbonyl (C=O) groups is 1. The Morgan fingerprint density at radius 2 is 2.21 bits per heavy atom. The van der Waals surface area contributed by atoms with E-state index < -0.39 is 0 Å². The molecule has 2 aliphatic rings.